The van der Waals surface area contributed by atoms with Gasteiger partial charge in [0.2, 0.25) is 0 Å². The van der Waals surface area contributed by atoms with Gasteiger partial charge in [0.15, 0.2) is 0 Å². The molecule has 0 spiro atoms. The Morgan fingerprint density at radius 1 is 0.783 bits per heavy atom. The molecule has 108 valence electrons. The van der Waals surface area contributed by atoms with Gasteiger partial charge in [-0.1, -0.05) is 42.5 Å². The number of rotatable bonds is 1. The molecule has 3 aromatic heterocycles. The van der Waals surface area contributed by atoms with E-state index < -0.39 is 0 Å². The minimum absolute atomic E-state index is 0.869. The molecule has 5 rings (SSSR count). The molecule has 0 atom stereocenters. The van der Waals surface area contributed by atoms with Crippen LogP contribution < -0.4 is 0 Å². The summed E-state index contributed by atoms with van der Waals surface area (Å²) < 4.78 is 1.22. The fourth-order valence-electron chi connectivity index (χ4n) is 2.92. The topological polar surface area (TPSA) is 38.7 Å². The molecule has 0 aliphatic heterocycles. The Morgan fingerprint density at radius 2 is 1.70 bits per heavy atom. The van der Waals surface area contributed by atoms with Gasteiger partial charge in [0, 0.05) is 27.2 Å². The number of nitrogens with zero attached hydrogens (tertiary/aromatic N) is 3. The normalized spacial score (nSPS) is 11.5. The van der Waals surface area contributed by atoms with E-state index in [1.807, 2.05) is 36.7 Å². The number of benzene rings is 2. The third kappa shape index (κ3) is 1.92. The summed E-state index contributed by atoms with van der Waals surface area (Å²) in [5, 5.41) is 2.28. The minimum atomic E-state index is 0.869. The molecule has 0 saturated heterocycles. The number of aromatic nitrogens is 3. The van der Waals surface area contributed by atoms with Gasteiger partial charge < -0.3 is 0 Å². The first-order valence-corrected chi connectivity index (χ1v) is 8.20. The lowest BCUT2D eigenvalue weighted by molar-refractivity contribution is 1.31. The zero-order chi connectivity index (χ0) is 15.2. The van der Waals surface area contributed by atoms with Crippen LogP contribution in [0.25, 0.3) is 42.6 Å². The van der Waals surface area contributed by atoms with Crippen molar-refractivity contribution in [3.63, 3.8) is 0 Å². The van der Waals surface area contributed by atoms with Crippen LogP contribution >= 0.6 is 11.3 Å². The first-order chi connectivity index (χ1) is 11.4. The Bertz CT molecular complexity index is 1170. The van der Waals surface area contributed by atoms with Crippen molar-refractivity contribution in [1.82, 2.24) is 15.0 Å². The number of pyridine rings is 1. The lowest BCUT2D eigenvalue weighted by Crippen LogP contribution is -1.89. The van der Waals surface area contributed by atoms with Gasteiger partial charge in [0.05, 0.1) is 17.4 Å². The number of fused-ring (bicyclic) bond motifs is 4. The summed E-state index contributed by atoms with van der Waals surface area (Å²) in [6.45, 7) is 0. The molecule has 0 amide bonds. The van der Waals surface area contributed by atoms with Gasteiger partial charge in [0.1, 0.15) is 10.3 Å². The SMILES string of the molecule is c1cnc2c(-c3cnc4c(n3)sc3ccccc34)cccc2c1. The largest absolute Gasteiger partial charge is 0.256 e. The standard InChI is InChI=1S/C19H11N3S/c1-2-9-16-14(7-1)18-19(23-16)22-15(11-21-18)13-8-3-5-12-6-4-10-20-17(12)13/h1-11H. The van der Waals surface area contributed by atoms with Crippen molar-refractivity contribution in [2.75, 3.05) is 0 Å². The van der Waals surface area contributed by atoms with E-state index in [-0.39, 0.29) is 0 Å². The highest BCUT2D eigenvalue weighted by Gasteiger charge is 2.11. The minimum Gasteiger partial charge on any atom is -0.256 e. The summed E-state index contributed by atoms with van der Waals surface area (Å²) in [7, 11) is 0. The van der Waals surface area contributed by atoms with Crippen molar-refractivity contribution in [1.29, 1.82) is 0 Å². The second-order valence-electron chi connectivity index (χ2n) is 5.39. The lowest BCUT2D eigenvalue weighted by atomic mass is 10.1. The lowest BCUT2D eigenvalue weighted by Gasteiger charge is -2.04. The summed E-state index contributed by atoms with van der Waals surface area (Å²) in [6, 6.07) is 18.5. The van der Waals surface area contributed by atoms with Crippen LogP contribution in [0.4, 0.5) is 0 Å². The number of hydrogen-bond acceptors (Lipinski definition) is 4. The Morgan fingerprint density at radius 3 is 2.70 bits per heavy atom. The van der Waals surface area contributed by atoms with Gasteiger partial charge in [-0.15, -0.1) is 11.3 Å². The third-order valence-corrected chi connectivity index (χ3v) is 5.05. The molecule has 5 aromatic rings. The summed E-state index contributed by atoms with van der Waals surface area (Å²) in [6.07, 6.45) is 3.67. The fraction of sp³-hybridized carbons (Fsp3) is 0. The quantitative estimate of drug-likeness (QED) is 0.434. The second-order valence-corrected chi connectivity index (χ2v) is 6.42. The third-order valence-electron chi connectivity index (χ3n) is 4.00. The molecule has 23 heavy (non-hydrogen) atoms. The molecule has 0 fully saturated rings. The van der Waals surface area contributed by atoms with Crippen LogP contribution in [-0.4, -0.2) is 15.0 Å². The molecule has 0 aliphatic rings. The summed E-state index contributed by atoms with van der Waals surface area (Å²) in [5.74, 6) is 0. The Balaban J connectivity index is 1.81. The first kappa shape index (κ1) is 12.7. The smallest absolute Gasteiger partial charge is 0.143 e. The average molecular weight is 313 g/mol. The van der Waals surface area contributed by atoms with E-state index in [0.717, 1.165) is 32.5 Å². The van der Waals surface area contributed by atoms with Crippen LogP contribution in [0.2, 0.25) is 0 Å². The van der Waals surface area contributed by atoms with Crippen LogP contribution in [0.3, 0.4) is 0 Å². The van der Waals surface area contributed by atoms with Gasteiger partial charge in [0.25, 0.3) is 0 Å². The van der Waals surface area contributed by atoms with E-state index in [2.05, 4.69) is 40.3 Å². The molecule has 0 bridgehead atoms. The van der Waals surface area contributed by atoms with Crippen LogP contribution in [0.1, 0.15) is 0 Å². The second kappa shape index (κ2) is 4.83. The van der Waals surface area contributed by atoms with Crippen LogP contribution in [0, 0.1) is 0 Å². The van der Waals surface area contributed by atoms with Gasteiger partial charge in [-0.05, 0) is 12.1 Å². The molecule has 0 saturated carbocycles. The van der Waals surface area contributed by atoms with E-state index in [9.17, 15) is 0 Å². The molecular formula is C19H11N3S. The summed E-state index contributed by atoms with van der Waals surface area (Å²) in [5.41, 5.74) is 3.83. The Hall–Kier alpha value is -2.85. The molecule has 0 aliphatic carbocycles. The average Bonchev–Trinajstić information content (AvgIpc) is 2.99. The van der Waals surface area contributed by atoms with E-state index in [4.69, 9.17) is 4.98 Å². The Kier molecular flexibility index (Phi) is 2.66. The van der Waals surface area contributed by atoms with Gasteiger partial charge in [-0.25, -0.2) is 4.98 Å². The van der Waals surface area contributed by atoms with Crippen LogP contribution in [0.15, 0.2) is 67.0 Å². The molecule has 4 heteroatoms. The van der Waals surface area contributed by atoms with Crippen molar-refractivity contribution < 1.29 is 0 Å². The highest BCUT2D eigenvalue weighted by atomic mass is 32.1. The predicted molar refractivity (Wildman–Crippen MR) is 95.7 cm³/mol. The highest BCUT2D eigenvalue weighted by molar-refractivity contribution is 7.25. The molecule has 2 aromatic carbocycles. The molecule has 0 radical (unpaired) electrons. The molecule has 3 nitrogen and oxygen atoms in total. The van der Waals surface area contributed by atoms with Crippen molar-refractivity contribution in [2.24, 2.45) is 0 Å². The number of thiophene rings is 1. The fourth-order valence-corrected chi connectivity index (χ4v) is 3.96. The van der Waals surface area contributed by atoms with Crippen molar-refractivity contribution in [3.05, 3.63) is 67.0 Å². The van der Waals surface area contributed by atoms with Gasteiger partial charge in [-0.3, -0.25) is 9.97 Å². The van der Waals surface area contributed by atoms with Crippen LogP contribution in [0.5, 0.6) is 0 Å². The van der Waals surface area contributed by atoms with Gasteiger partial charge >= 0.3 is 0 Å². The maximum absolute atomic E-state index is 4.85. The van der Waals surface area contributed by atoms with E-state index in [1.165, 1.54) is 10.1 Å². The van der Waals surface area contributed by atoms with E-state index >= 15 is 0 Å². The zero-order valence-electron chi connectivity index (χ0n) is 12.1. The first-order valence-electron chi connectivity index (χ1n) is 7.38. The molecule has 0 N–H and O–H groups in total. The Labute approximate surface area is 136 Å². The maximum atomic E-state index is 4.85. The molecule has 0 unspecified atom stereocenters. The van der Waals surface area contributed by atoms with Crippen LogP contribution in [-0.2, 0) is 0 Å². The zero-order valence-corrected chi connectivity index (χ0v) is 12.9. The van der Waals surface area contributed by atoms with E-state index in [1.54, 1.807) is 11.3 Å². The van der Waals surface area contributed by atoms with E-state index in [0.29, 0.717) is 0 Å². The maximum Gasteiger partial charge on any atom is 0.143 e. The summed E-state index contributed by atoms with van der Waals surface area (Å²) >= 11 is 1.68. The van der Waals surface area contributed by atoms with Crippen molar-refractivity contribution >= 4 is 42.7 Å². The van der Waals surface area contributed by atoms with Gasteiger partial charge in [-0.2, -0.15) is 0 Å². The number of para-hydroxylation sites is 1. The van der Waals surface area contributed by atoms with Crippen molar-refractivity contribution in [3.8, 4) is 11.3 Å². The monoisotopic (exact) mass is 313 g/mol. The van der Waals surface area contributed by atoms with Crippen molar-refractivity contribution in [2.45, 2.75) is 0 Å². The predicted octanol–water partition coefficient (Wildman–Crippen LogP) is 5.06. The molecule has 3 heterocycles. The summed E-state index contributed by atoms with van der Waals surface area (Å²) in [4.78, 5) is 15.0. The highest BCUT2D eigenvalue weighted by Crippen LogP contribution is 2.33. The molecular weight excluding hydrogens is 302 g/mol. The number of hydrogen-bond donors (Lipinski definition) is 0.